The lowest BCUT2D eigenvalue weighted by molar-refractivity contribution is -0.116. The van der Waals surface area contributed by atoms with Crippen LogP contribution in [0, 0.1) is 0 Å². The number of hydrogen-bond acceptors (Lipinski definition) is 5. The van der Waals surface area contributed by atoms with Gasteiger partial charge in [0.2, 0.25) is 11.0 Å². The molecule has 0 aliphatic rings. The Morgan fingerprint density at radius 3 is 2.67 bits per heavy atom. The molecule has 2 amide bonds. The molecule has 0 atom stereocenters. The molecule has 2 N–H and O–H groups in total. The van der Waals surface area contributed by atoms with Crippen LogP contribution in [0.5, 0.6) is 0 Å². The van der Waals surface area contributed by atoms with E-state index in [1.54, 1.807) is 29.8 Å². The van der Waals surface area contributed by atoms with Crippen molar-refractivity contribution in [1.82, 2.24) is 15.5 Å². The first-order chi connectivity index (χ1) is 10.1. The summed E-state index contributed by atoms with van der Waals surface area (Å²) in [7, 11) is 0. The Morgan fingerprint density at radius 1 is 1.24 bits per heavy atom. The van der Waals surface area contributed by atoms with Crippen LogP contribution < -0.4 is 10.6 Å². The van der Waals surface area contributed by atoms with E-state index in [4.69, 9.17) is 11.6 Å². The highest BCUT2D eigenvalue weighted by molar-refractivity contribution is 7.13. The molecular weight excluding hydrogens is 312 g/mol. The van der Waals surface area contributed by atoms with Crippen LogP contribution in [-0.2, 0) is 4.79 Å². The van der Waals surface area contributed by atoms with Gasteiger partial charge in [0.15, 0.2) is 0 Å². The Balaban J connectivity index is 1.66. The maximum absolute atomic E-state index is 11.8. The molecule has 1 aromatic carbocycles. The first-order valence-electron chi connectivity index (χ1n) is 6.25. The van der Waals surface area contributed by atoms with Crippen molar-refractivity contribution >= 4 is 39.9 Å². The van der Waals surface area contributed by atoms with E-state index in [1.807, 2.05) is 0 Å². The van der Waals surface area contributed by atoms with Gasteiger partial charge in [0, 0.05) is 23.6 Å². The van der Waals surface area contributed by atoms with E-state index in [9.17, 15) is 9.59 Å². The highest BCUT2D eigenvalue weighted by Crippen LogP contribution is 2.10. The fourth-order valence-electron chi connectivity index (χ4n) is 1.56. The number of carbonyl (C=O) groups excluding carboxylic acids is 2. The van der Waals surface area contributed by atoms with Crippen LogP contribution in [0.25, 0.3) is 0 Å². The Kier molecular flexibility index (Phi) is 5.65. The molecule has 1 aromatic heterocycles. The van der Waals surface area contributed by atoms with E-state index in [0.29, 0.717) is 35.1 Å². The van der Waals surface area contributed by atoms with Gasteiger partial charge in [-0.2, -0.15) is 0 Å². The van der Waals surface area contributed by atoms with E-state index in [2.05, 4.69) is 20.8 Å². The molecule has 2 aromatic rings. The minimum absolute atomic E-state index is 0.146. The molecule has 0 aliphatic carbocycles. The van der Waals surface area contributed by atoms with Gasteiger partial charge in [0.25, 0.3) is 5.91 Å². The molecule has 110 valence electrons. The lowest BCUT2D eigenvalue weighted by atomic mass is 10.2. The predicted molar refractivity (Wildman–Crippen MR) is 81.6 cm³/mol. The predicted octanol–water partition coefficient (Wildman–Crippen LogP) is 2.34. The summed E-state index contributed by atoms with van der Waals surface area (Å²) in [4.78, 5) is 23.3. The molecule has 8 heteroatoms. The highest BCUT2D eigenvalue weighted by Gasteiger charge is 2.07. The van der Waals surface area contributed by atoms with Crippen molar-refractivity contribution < 1.29 is 9.59 Å². The second-order valence-corrected chi connectivity index (χ2v) is 5.43. The summed E-state index contributed by atoms with van der Waals surface area (Å²) >= 11 is 7.01. The van der Waals surface area contributed by atoms with Crippen LogP contribution in [0.2, 0.25) is 5.02 Å². The molecule has 21 heavy (non-hydrogen) atoms. The minimum Gasteiger partial charge on any atom is -0.352 e. The van der Waals surface area contributed by atoms with E-state index in [-0.39, 0.29) is 11.8 Å². The number of rotatable bonds is 6. The maximum atomic E-state index is 11.8. The quantitative estimate of drug-likeness (QED) is 0.799. The van der Waals surface area contributed by atoms with Gasteiger partial charge in [-0.1, -0.05) is 22.9 Å². The van der Waals surface area contributed by atoms with Gasteiger partial charge in [-0.3, -0.25) is 9.59 Å². The second-order valence-electron chi connectivity index (χ2n) is 4.16. The Bertz CT molecular complexity index is 601. The molecule has 0 fully saturated rings. The average molecular weight is 325 g/mol. The lowest BCUT2D eigenvalue weighted by Gasteiger charge is -2.05. The zero-order valence-electron chi connectivity index (χ0n) is 11.0. The third-order valence-electron chi connectivity index (χ3n) is 2.58. The van der Waals surface area contributed by atoms with Crippen LogP contribution in [0.4, 0.5) is 5.13 Å². The molecule has 6 nitrogen and oxygen atoms in total. The number of aromatic nitrogens is 2. The number of hydrogen-bond donors (Lipinski definition) is 2. The smallest absolute Gasteiger partial charge is 0.251 e. The summed E-state index contributed by atoms with van der Waals surface area (Å²) in [5.41, 5.74) is 2.08. The maximum Gasteiger partial charge on any atom is 0.251 e. The Labute approximate surface area is 130 Å². The number of amides is 2. The van der Waals surface area contributed by atoms with Crippen LogP contribution >= 0.6 is 22.9 Å². The van der Waals surface area contributed by atoms with Crippen LogP contribution in [0.3, 0.4) is 0 Å². The standard InChI is InChI=1S/C13H13ClN4O2S/c14-10-5-3-9(4-6-10)12(20)15-7-1-2-11(19)17-13-18-16-8-21-13/h3-6,8H,1-2,7H2,(H,15,20)(H,17,18,19). The van der Waals surface area contributed by atoms with Crippen molar-refractivity contribution in [3.05, 3.63) is 40.4 Å². The molecule has 0 aliphatic heterocycles. The summed E-state index contributed by atoms with van der Waals surface area (Å²) < 4.78 is 0. The molecule has 0 unspecified atom stereocenters. The van der Waals surface area contributed by atoms with E-state index in [0.717, 1.165) is 0 Å². The fourth-order valence-corrected chi connectivity index (χ4v) is 2.15. The molecular formula is C13H13ClN4O2S. The number of benzene rings is 1. The van der Waals surface area contributed by atoms with Crippen LogP contribution in [-0.4, -0.2) is 28.6 Å². The topological polar surface area (TPSA) is 84.0 Å². The normalized spacial score (nSPS) is 10.1. The van der Waals surface area contributed by atoms with Crippen molar-refractivity contribution in [2.24, 2.45) is 0 Å². The Morgan fingerprint density at radius 2 is 2.00 bits per heavy atom. The largest absolute Gasteiger partial charge is 0.352 e. The molecule has 0 radical (unpaired) electrons. The van der Waals surface area contributed by atoms with Crippen molar-refractivity contribution in [2.45, 2.75) is 12.8 Å². The van der Waals surface area contributed by atoms with Gasteiger partial charge in [-0.05, 0) is 30.7 Å². The molecule has 0 spiro atoms. The van der Waals surface area contributed by atoms with E-state index >= 15 is 0 Å². The average Bonchev–Trinajstić information content (AvgIpc) is 2.97. The van der Waals surface area contributed by atoms with Crippen molar-refractivity contribution in [3.8, 4) is 0 Å². The number of carbonyl (C=O) groups is 2. The molecule has 1 heterocycles. The molecule has 0 saturated heterocycles. The van der Waals surface area contributed by atoms with Gasteiger partial charge in [0.1, 0.15) is 5.51 Å². The third-order valence-corrected chi connectivity index (χ3v) is 3.44. The Hall–Kier alpha value is -1.99. The van der Waals surface area contributed by atoms with E-state index < -0.39 is 0 Å². The minimum atomic E-state index is -0.184. The number of nitrogens with zero attached hydrogens (tertiary/aromatic N) is 2. The van der Waals surface area contributed by atoms with Gasteiger partial charge in [0.05, 0.1) is 0 Å². The van der Waals surface area contributed by atoms with Crippen molar-refractivity contribution in [3.63, 3.8) is 0 Å². The van der Waals surface area contributed by atoms with Gasteiger partial charge in [-0.25, -0.2) is 0 Å². The van der Waals surface area contributed by atoms with Crippen LogP contribution in [0.1, 0.15) is 23.2 Å². The zero-order valence-corrected chi connectivity index (χ0v) is 12.6. The van der Waals surface area contributed by atoms with Gasteiger partial charge in [-0.15, -0.1) is 10.2 Å². The van der Waals surface area contributed by atoms with Crippen molar-refractivity contribution in [1.29, 1.82) is 0 Å². The molecule has 2 rings (SSSR count). The second kappa shape index (κ2) is 7.70. The van der Waals surface area contributed by atoms with Gasteiger partial charge >= 0.3 is 0 Å². The number of halogens is 1. The SMILES string of the molecule is O=C(CCCNC(=O)c1ccc(Cl)cc1)Nc1nncs1. The first-order valence-corrected chi connectivity index (χ1v) is 7.50. The number of nitrogens with one attached hydrogen (secondary N) is 2. The van der Waals surface area contributed by atoms with E-state index in [1.165, 1.54) is 11.3 Å². The lowest BCUT2D eigenvalue weighted by Crippen LogP contribution is -2.25. The number of anilines is 1. The third kappa shape index (κ3) is 5.13. The fraction of sp³-hybridized carbons (Fsp3) is 0.231. The monoisotopic (exact) mass is 324 g/mol. The molecule has 0 bridgehead atoms. The summed E-state index contributed by atoms with van der Waals surface area (Å²) in [5, 5.41) is 13.8. The van der Waals surface area contributed by atoms with Crippen LogP contribution in [0.15, 0.2) is 29.8 Å². The first kappa shape index (κ1) is 15.4. The zero-order chi connectivity index (χ0) is 15.1. The summed E-state index contributed by atoms with van der Waals surface area (Å²) in [6.45, 7) is 0.422. The highest BCUT2D eigenvalue weighted by atomic mass is 35.5. The van der Waals surface area contributed by atoms with Crippen molar-refractivity contribution in [2.75, 3.05) is 11.9 Å². The summed E-state index contributed by atoms with van der Waals surface area (Å²) in [5.74, 6) is -0.330. The molecule has 0 saturated carbocycles. The van der Waals surface area contributed by atoms with Gasteiger partial charge < -0.3 is 10.6 Å². The summed E-state index contributed by atoms with van der Waals surface area (Å²) in [6, 6.07) is 6.62. The summed E-state index contributed by atoms with van der Waals surface area (Å²) in [6.07, 6.45) is 0.852.